The number of aromatic nitrogens is 4. The lowest BCUT2D eigenvalue weighted by molar-refractivity contribution is 0.0593. The van der Waals surface area contributed by atoms with Crippen molar-refractivity contribution in [3.63, 3.8) is 0 Å². The van der Waals surface area contributed by atoms with Crippen LogP contribution in [0, 0.1) is 0 Å². The zero-order valence-electron chi connectivity index (χ0n) is 11.4. The molecule has 7 nitrogen and oxygen atoms in total. The third kappa shape index (κ3) is 2.01. The molecule has 0 radical (unpaired) electrons. The van der Waals surface area contributed by atoms with Crippen molar-refractivity contribution in [3.8, 4) is 0 Å². The molecule has 0 bridgehead atoms. The highest BCUT2D eigenvalue weighted by atomic mass is 35.5. The number of fused-ring (bicyclic) bond motifs is 1. The van der Waals surface area contributed by atoms with Gasteiger partial charge >= 0.3 is 0 Å². The molecular weight excluding hydrogens is 306 g/mol. The smallest absolute Gasteiger partial charge is 0.270 e. The van der Waals surface area contributed by atoms with Crippen molar-refractivity contribution in [2.24, 2.45) is 0 Å². The van der Waals surface area contributed by atoms with Crippen LogP contribution in [-0.2, 0) is 0 Å². The maximum Gasteiger partial charge on any atom is 0.270 e. The van der Waals surface area contributed by atoms with Crippen LogP contribution in [-0.4, -0.2) is 44.1 Å². The Morgan fingerprint density at radius 1 is 1.32 bits per heavy atom. The van der Waals surface area contributed by atoms with Crippen LogP contribution in [0.4, 0.5) is 0 Å². The van der Waals surface area contributed by atoms with E-state index in [1.54, 1.807) is 23.2 Å². The summed E-state index contributed by atoms with van der Waals surface area (Å²) in [6.07, 6.45) is 1.61. The van der Waals surface area contributed by atoms with Gasteiger partial charge in [0.1, 0.15) is 5.69 Å². The van der Waals surface area contributed by atoms with E-state index < -0.39 is 0 Å². The summed E-state index contributed by atoms with van der Waals surface area (Å²) in [5.74, 6) is 0.0823. The maximum atomic E-state index is 12.4. The number of hydrogen-bond donors (Lipinski definition) is 3. The van der Waals surface area contributed by atoms with Gasteiger partial charge in [0.2, 0.25) is 0 Å². The molecule has 8 heteroatoms. The van der Waals surface area contributed by atoms with Gasteiger partial charge in [-0.2, -0.15) is 0 Å². The van der Waals surface area contributed by atoms with Gasteiger partial charge < -0.3 is 15.0 Å². The first-order valence-corrected chi connectivity index (χ1v) is 7.19. The fourth-order valence-electron chi connectivity index (χ4n) is 2.71. The molecule has 1 amide bonds. The van der Waals surface area contributed by atoms with Gasteiger partial charge in [-0.3, -0.25) is 14.7 Å². The molecule has 3 aromatic rings. The Kier molecular flexibility index (Phi) is 2.83. The highest BCUT2D eigenvalue weighted by molar-refractivity contribution is 6.33. The van der Waals surface area contributed by atoms with Crippen molar-refractivity contribution < 1.29 is 4.79 Å². The van der Waals surface area contributed by atoms with Crippen LogP contribution < -0.4 is 5.56 Å². The van der Waals surface area contributed by atoms with Crippen molar-refractivity contribution in [1.82, 2.24) is 25.1 Å². The number of nitrogens with zero attached hydrogens (tertiary/aromatic N) is 2. The first-order chi connectivity index (χ1) is 10.6. The Bertz CT molecular complexity index is 919. The second-order valence-corrected chi connectivity index (χ2v) is 5.73. The van der Waals surface area contributed by atoms with Gasteiger partial charge in [0, 0.05) is 42.4 Å². The van der Waals surface area contributed by atoms with E-state index in [2.05, 4.69) is 20.2 Å². The number of nitrogens with one attached hydrogen (secondary N) is 3. The minimum absolute atomic E-state index is 0.0820. The summed E-state index contributed by atoms with van der Waals surface area (Å²) in [6, 6.07) is 5.11. The van der Waals surface area contributed by atoms with E-state index in [0.29, 0.717) is 29.5 Å². The second kappa shape index (κ2) is 4.74. The molecule has 0 atom stereocenters. The van der Waals surface area contributed by atoms with Crippen molar-refractivity contribution in [1.29, 1.82) is 0 Å². The molecule has 1 aliphatic rings. The van der Waals surface area contributed by atoms with Crippen molar-refractivity contribution in [3.05, 3.63) is 51.3 Å². The molecule has 22 heavy (non-hydrogen) atoms. The predicted octanol–water partition coefficient (Wildman–Crippen LogP) is 1.47. The monoisotopic (exact) mass is 317 g/mol. The Hall–Kier alpha value is -2.54. The Morgan fingerprint density at radius 3 is 2.82 bits per heavy atom. The van der Waals surface area contributed by atoms with Gasteiger partial charge in [0.05, 0.1) is 5.52 Å². The highest BCUT2D eigenvalue weighted by Gasteiger charge is 2.33. The lowest BCUT2D eigenvalue weighted by atomic mass is 9.96. The summed E-state index contributed by atoms with van der Waals surface area (Å²) in [4.78, 5) is 32.3. The Labute approximate surface area is 129 Å². The predicted molar refractivity (Wildman–Crippen MR) is 81.2 cm³/mol. The maximum absolute atomic E-state index is 12.4. The average Bonchev–Trinajstić information content (AvgIpc) is 3.04. The molecule has 112 valence electrons. The van der Waals surface area contributed by atoms with Crippen LogP contribution in [0.5, 0.6) is 0 Å². The lowest BCUT2D eigenvalue weighted by Crippen LogP contribution is -2.48. The first-order valence-electron chi connectivity index (χ1n) is 6.82. The number of aromatic amines is 3. The number of likely N-dealkylation sites (tertiary alicyclic amines) is 1. The van der Waals surface area contributed by atoms with Crippen LogP contribution in [0.15, 0.2) is 29.2 Å². The number of pyridine rings is 1. The second-order valence-electron chi connectivity index (χ2n) is 5.37. The standard InChI is InChI=1S/C14H12ClN5O2/c15-13-12-7(1-2-16-13)3-10(17-12)14(22)20-5-8(6-20)9-4-11(21)19-18-9/h1-4,8,17H,5-6H2,(H2,18,19,21). The van der Waals surface area contributed by atoms with Gasteiger partial charge in [0.15, 0.2) is 5.15 Å². The van der Waals surface area contributed by atoms with Crippen LogP contribution in [0.1, 0.15) is 22.1 Å². The average molecular weight is 318 g/mol. The molecule has 0 spiro atoms. The molecule has 0 aromatic carbocycles. The zero-order valence-corrected chi connectivity index (χ0v) is 12.1. The molecule has 0 saturated carbocycles. The summed E-state index contributed by atoms with van der Waals surface area (Å²) in [6.45, 7) is 1.15. The molecule has 1 fully saturated rings. The Morgan fingerprint density at radius 2 is 2.14 bits per heavy atom. The van der Waals surface area contributed by atoms with Crippen molar-refractivity contribution in [2.45, 2.75) is 5.92 Å². The van der Waals surface area contributed by atoms with E-state index in [9.17, 15) is 9.59 Å². The van der Waals surface area contributed by atoms with Crippen LogP contribution in [0.3, 0.4) is 0 Å². The summed E-state index contributed by atoms with van der Waals surface area (Å²) in [5, 5.41) is 6.54. The quantitative estimate of drug-likeness (QED) is 0.624. The highest BCUT2D eigenvalue weighted by Crippen LogP contribution is 2.28. The number of halogens is 1. The number of carbonyl (C=O) groups is 1. The van der Waals surface area contributed by atoms with E-state index in [4.69, 9.17) is 11.6 Å². The number of H-pyrrole nitrogens is 3. The summed E-state index contributed by atoms with van der Waals surface area (Å²) >= 11 is 6.00. The topological polar surface area (TPSA) is 97.6 Å². The third-order valence-corrected chi connectivity index (χ3v) is 4.24. The lowest BCUT2D eigenvalue weighted by Gasteiger charge is -2.38. The molecule has 0 unspecified atom stereocenters. The molecule has 1 saturated heterocycles. The molecule has 4 heterocycles. The molecule has 0 aliphatic carbocycles. The van der Waals surface area contributed by atoms with Crippen LogP contribution >= 0.6 is 11.6 Å². The van der Waals surface area contributed by atoms with Gasteiger partial charge in [-0.05, 0) is 12.1 Å². The van der Waals surface area contributed by atoms with E-state index >= 15 is 0 Å². The summed E-state index contributed by atoms with van der Waals surface area (Å²) in [7, 11) is 0. The number of carbonyl (C=O) groups excluding carboxylic acids is 1. The van der Waals surface area contributed by atoms with Gasteiger partial charge in [-0.1, -0.05) is 11.6 Å². The van der Waals surface area contributed by atoms with E-state index in [1.165, 1.54) is 6.07 Å². The van der Waals surface area contributed by atoms with Crippen molar-refractivity contribution >= 4 is 28.4 Å². The summed E-state index contributed by atoms with van der Waals surface area (Å²) in [5.41, 5.74) is 1.83. The largest absolute Gasteiger partial charge is 0.348 e. The van der Waals surface area contributed by atoms with Crippen LogP contribution in [0.2, 0.25) is 5.15 Å². The number of rotatable bonds is 2. The Balaban J connectivity index is 1.53. The van der Waals surface area contributed by atoms with Gasteiger partial charge in [-0.25, -0.2) is 4.98 Å². The van der Waals surface area contributed by atoms with Crippen LogP contribution in [0.25, 0.3) is 10.9 Å². The van der Waals surface area contributed by atoms with E-state index in [1.807, 2.05) is 0 Å². The fourth-order valence-corrected chi connectivity index (χ4v) is 2.93. The minimum atomic E-state index is -0.155. The minimum Gasteiger partial charge on any atom is -0.348 e. The first kappa shape index (κ1) is 13.1. The number of hydrogen-bond acceptors (Lipinski definition) is 3. The van der Waals surface area contributed by atoms with E-state index in [0.717, 1.165) is 11.1 Å². The SMILES string of the molecule is O=C(c1cc2ccnc(Cl)c2[nH]1)N1CC(c2cc(=O)[nH][nH]2)C1. The van der Waals surface area contributed by atoms with E-state index in [-0.39, 0.29) is 17.4 Å². The zero-order chi connectivity index (χ0) is 15.3. The van der Waals surface area contributed by atoms with Gasteiger partial charge in [0.25, 0.3) is 11.5 Å². The third-order valence-electron chi connectivity index (χ3n) is 3.95. The molecule has 3 N–H and O–H groups in total. The normalized spacial score (nSPS) is 15.2. The molecule has 3 aromatic heterocycles. The fraction of sp³-hybridized carbons (Fsp3) is 0.214. The van der Waals surface area contributed by atoms with Gasteiger partial charge in [-0.15, -0.1) is 0 Å². The summed E-state index contributed by atoms with van der Waals surface area (Å²) < 4.78 is 0. The van der Waals surface area contributed by atoms with Crippen molar-refractivity contribution in [2.75, 3.05) is 13.1 Å². The molecular formula is C14H12ClN5O2. The molecule has 4 rings (SSSR count). The molecule has 1 aliphatic heterocycles. The number of amides is 1.